The van der Waals surface area contributed by atoms with Crippen molar-refractivity contribution in [1.29, 1.82) is 0 Å². The molecule has 1 heterocycles. The van der Waals surface area contributed by atoms with Crippen molar-refractivity contribution < 1.29 is 4.74 Å². The zero-order valence-electron chi connectivity index (χ0n) is 13.2. The van der Waals surface area contributed by atoms with E-state index in [9.17, 15) is 0 Å². The van der Waals surface area contributed by atoms with Crippen LogP contribution < -0.4 is 10.1 Å². The molecule has 0 spiro atoms. The lowest BCUT2D eigenvalue weighted by molar-refractivity contribution is 0.301. The molecule has 2 nitrogen and oxygen atoms in total. The maximum atomic E-state index is 6.04. The van der Waals surface area contributed by atoms with Gasteiger partial charge in [0.05, 0.1) is 4.47 Å². The minimum absolute atomic E-state index is 0.0885. The lowest BCUT2D eigenvalue weighted by Crippen LogP contribution is -2.33. The molecule has 3 heteroatoms. The molecule has 0 aliphatic carbocycles. The van der Waals surface area contributed by atoms with Crippen molar-refractivity contribution in [3.05, 3.63) is 63.6 Å². The summed E-state index contributed by atoms with van der Waals surface area (Å²) in [5, 5.41) is 3.62. The topological polar surface area (TPSA) is 21.3 Å². The average molecular weight is 360 g/mol. The summed E-state index contributed by atoms with van der Waals surface area (Å²) in [5.41, 5.74) is 3.78. The van der Waals surface area contributed by atoms with Gasteiger partial charge < -0.3 is 10.1 Å². The van der Waals surface area contributed by atoms with Crippen LogP contribution in [0.1, 0.15) is 36.5 Å². The number of benzene rings is 2. The minimum atomic E-state index is 0.0885. The monoisotopic (exact) mass is 359 g/mol. The molecule has 3 rings (SSSR count). The Labute approximate surface area is 141 Å². The molecular weight excluding hydrogens is 338 g/mol. The second-order valence-corrected chi connectivity index (χ2v) is 7.10. The number of ether oxygens (including phenoxy) is 1. The van der Waals surface area contributed by atoms with Gasteiger partial charge in [0.15, 0.2) is 0 Å². The second-order valence-electron chi connectivity index (χ2n) is 6.24. The molecule has 0 radical (unpaired) electrons. The first-order valence-corrected chi connectivity index (χ1v) is 8.60. The molecule has 0 aromatic heterocycles. The van der Waals surface area contributed by atoms with Gasteiger partial charge in [-0.1, -0.05) is 36.4 Å². The highest BCUT2D eigenvalue weighted by Gasteiger charge is 2.30. The fourth-order valence-electron chi connectivity index (χ4n) is 3.10. The molecule has 1 aliphatic heterocycles. The van der Waals surface area contributed by atoms with Crippen molar-refractivity contribution in [2.75, 3.05) is 6.54 Å². The lowest BCUT2D eigenvalue weighted by atomic mass is 9.89. The number of rotatable bonds is 4. The summed E-state index contributed by atoms with van der Waals surface area (Å²) in [6.07, 6.45) is 2.42. The van der Waals surface area contributed by atoms with Gasteiger partial charge in [0, 0.05) is 5.54 Å². The van der Waals surface area contributed by atoms with Crippen LogP contribution in [-0.4, -0.2) is 6.54 Å². The maximum Gasteiger partial charge on any atom is 0.136 e. The Balaban J connectivity index is 1.81. The Morgan fingerprint density at radius 2 is 2.00 bits per heavy atom. The average Bonchev–Trinajstić information content (AvgIpc) is 2.95. The zero-order valence-corrected chi connectivity index (χ0v) is 14.7. The van der Waals surface area contributed by atoms with Crippen LogP contribution in [0.25, 0.3) is 0 Å². The summed E-state index contributed by atoms with van der Waals surface area (Å²) in [6.45, 7) is 6.09. The van der Waals surface area contributed by atoms with Crippen LogP contribution in [0, 0.1) is 6.92 Å². The molecule has 2 aromatic carbocycles. The Bertz CT molecular complexity index is 625. The number of aryl methyl sites for hydroxylation is 1. The minimum Gasteiger partial charge on any atom is -0.487 e. The van der Waals surface area contributed by atoms with Crippen LogP contribution >= 0.6 is 15.9 Å². The van der Waals surface area contributed by atoms with Crippen LogP contribution in [0.5, 0.6) is 5.75 Å². The van der Waals surface area contributed by atoms with Crippen LogP contribution in [0.15, 0.2) is 46.9 Å². The predicted molar refractivity (Wildman–Crippen MR) is 94.2 cm³/mol. The van der Waals surface area contributed by atoms with Gasteiger partial charge in [0.2, 0.25) is 0 Å². The molecule has 22 heavy (non-hydrogen) atoms. The Morgan fingerprint density at radius 1 is 1.23 bits per heavy atom. The van der Waals surface area contributed by atoms with E-state index >= 15 is 0 Å². The van der Waals surface area contributed by atoms with Crippen molar-refractivity contribution in [1.82, 2.24) is 5.32 Å². The van der Waals surface area contributed by atoms with Gasteiger partial charge in [0.1, 0.15) is 12.4 Å². The number of halogens is 1. The van der Waals surface area contributed by atoms with Crippen LogP contribution in [0.4, 0.5) is 0 Å². The summed E-state index contributed by atoms with van der Waals surface area (Å²) < 4.78 is 7.07. The van der Waals surface area contributed by atoms with Gasteiger partial charge in [-0.25, -0.2) is 0 Å². The first-order valence-electron chi connectivity index (χ1n) is 7.81. The highest BCUT2D eigenvalue weighted by molar-refractivity contribution is 9.10. The summed E-state index contributed by atoms with van der Waals surface area (Å²) in [5.74, 6) is 0.939. The van der Waals surface area contributed by atoms with E-state index in [2.05, 4.69) is 59.4 Å². The SMILES string of the molecule is Cc1cc(C2(C)CCCN2)cc(Br)c1OCc1ccccc1. The largest absolute Gasteiger partial charge is 0.487 e. The van der Waals surface area contributed by atoms with Gasteiger partial charge in [-0.15, -0.1) is 0 Å². The molecule has 116 valence electrons. The summed E-state index contributed by atoms with van der Waals surface area (Å²) >= 11 is 3.69. The smallest absolute Gasteiger partial charge is 0.136 e. The normalized spacial score (nSPS) is 21.0. The molecular formula is C19H22BrNO. The van der Waals surface area contributed by atoms with E-state index < -0.39 is 0 Å². The van der Waals surface area contributed by atoms with Crippen molar-refractivity contribution in [3.8, 4) is 5.75 Å². The van der Waals surface area contributed by atoms with Gasteiger partial charge in [-0.3, -0.25) is 0 Å². The van der Waals surface area contributed by atoms with Crippen molar-refractivity contribution >= 4 is 15.9 Å². The maximum absolute atomic E-state index is 6.04. The molecule has 0 amide bonds. The predicted octanol–water partition coefficient (Wildman–Crippen LogP) is 4.94. The van der Waals surface area contributed by atoms with E-state index in [4.69, 9.17) is 4.74 Å². The highest BCUT2D eigenvalue weighted by atomic mass is 79.9. The first kappa shape index (κ1) is 15.6. The molecule has 1 N–H and O–H groups in total. The molecule has 1 unspecified atom stereocenters. The first-order chi connectivity index (χ1) is 10.6. The van der Waals surface area contributed by atoms with E-state index in [-0.39, 0.29) is 5.54 Å². The van der Waals surface area contributed by atoms with E-state index in [1.54, 1.807) is 0 Å². The van der Waals surface area contributed by atoms with Crippen molar-refractivity contribution in [3.63, 3.8) is 0 Å². The molecule has 1 fully saturated rings. The molecule has 1 atom stereocenters. The third kappa shape index (κ3) is 3.21. The summed E-state index contributed by atoms with van der Waals surface area (Å²) in [4.78, 5) is 0. The number of hydrogen-bond donors (Lipinski definition) is 1. The second kappa shape index (κ2) is 6.43. The molecule has 1 aliphatic rings. The molecule has 1 saturated heterocycles. The van der Waals surface area contributed by atoms with Gasteiger partial charge in [0.25, 0.3) is 0 Å². The Morgan fingerprint density at radius 3 is 2.64 bits per heavy atom. The van der Waals surface area contributed by atoms with Crippen LogP contribution in [0.2, 0.25) is 0 Å². The Hall–Kier alpha value is -1.32. The van der Waals surface area contributed by atoms with Crippen molar-refractivity contribution in [2.24, 2.45) is 0 Å². The summed E-state index contributed by atoms with van der Waals surface area (Å²) in [7, 11) is 0. The van der Waals surface area contributed by atoms with E-state index in [0.717, 1.165) is 16.8 Å². The van der Waals surface area contributed by atoms with Gasteiger partial charge in [-0.05, 0) is 71.9 Å². The molecule has 0 bridgehead atoms. The van der Waals surface area contributed by atoms with Crippen LogP contribution in [-0.2, 0) is 12.1 Å². The number of hydrogen-bond acceptors (Lipinski definition) is 2. The van der Waals surface area contributed by atoms with E-state index in [0.29, 0.717) is 6.61 Å². The third-order valence-corrected chi connectivity index (χ3v) is 5.05. The fraction of sp³-hybridized carbons (Fsp3) is 0.368. The number of nitrogens with one attached hydrogen (secondary N) is 1. The standard InChI is InChI=1S/C19H22BrNO/c1-14-11-16(19(2)9-6-10-21-19)12-17(20)18(14)22-13-15-7-4-3-5-8-15/h3-5,7-8,11-12,21H,6,9-10,13H2,1-2H3. The van der Waals surface area contributed by atoms with E-state index in [1.807, 2.05) is 18.2 Å². The molecule has 2 aromatic rings. The lowest BCUT2D eigenvalue weighted by Gasteiger charge is -2.26. The summed E-state index contributed by atoms with van der Waals surface area (Å²) in [6, 6.07) is 14.7. The zero-order chi connectivity index (χ0) is 15.6. The van der Waals surface area contributed by atoms with Gasteiger partial charge >= 0.3 is 0 Å². The fourth-order valence-corrected chi connectivity index (χ4v) is 3.78. The van der Waals surface area contributed by atoms with E-state index in [1.165, 1.54) is 29.5 Å². The van der Waals surface area contributed by atoms with Gasteiger partial charge in [-0.2, -0.15) is 0 Å². The Kier molecular flexibility index (Phi) is 4.55. The molecule has 0 saturated carbocycles. The van der Waals surface area contributed by atoms with Crippen molar-refractivity contribution in [2.45, 2.75) is 38.8 Å². The van der Waals surface area contributed by atoms with Crippen LogP contribution in [0.3, 0.4) is 0 Å². The highest BCUT2D eigenvalue weighted by Crippen LogP contribution is 2.37. The quantitative estimate of drug-likeness (QED) is 0.834. The third-order valence-electron chi connectivity index (χ3n) is 4.46.